The Bertz CT molecular complexity index is 847. The minimum Gasteiger partial charge on any atom is -0.464 e. The fourth-order valence-electron chi connectivity index (χ4n) is 2.46. The number of carbonyl (C=O) groups is 1. The number of hydrogen-bond donors (Lipinski definition) is 1. The quantitative estimate of drug-likeness (QED) is 0.807. The maximum atomic E-state index is 12.5. The predicted octanol–water partition coefficient (Wildman–Crippen LogP) is 2.74. The molecule has 1 amide bonds. The van der Waals surface area contributed by atoms with E-state index in [1.807, 2.05) is 45.9 Å². The Kier molecular flexibility index (Phi) is 3.44. The number of fused-ring (bicyclic) bond motifs is 1. The zero-order valence-electron chi connectivity index (χ0n) is 13.0. The standard InChI is InChI=1S/C16H18N4O2/c1-9-7-10(2)20-15(18-9)13(8-17-20)16(21)19-12(4)14-6-5-11(3)22-14/h5-8,12H,1-4H3,(H,19,21)/t12-/m1/s1. The first kappa shape index (κ1) is 14.3. The van der Waals surface area contributed by atoms with Crippen molar-refractivity contribution >= 4 is 11.6 Å². The molecule has 0 saturated carbocycles. The van der Waals surface area contributed by atoms with E-state index in [1.165, 1.54) is 0 Å². The fraction of sp³-hybridized carbons (Fsp3) is 0.312. The number of rotatable bonds is 3. The minimum atomic E-state index is -0.220. The van der Waals surface area contributed by atoms with Crippen LogP contribution in [0.25, 0.3) is 5.65 Å². The topological polar surface area (TPSA) is 72.4 Å². The third-order valence-electron chi connectivity index (χ3n) is 3.56. The molecule has 0 aliphatic carbocycles. The van der Waals surface area contributed by atoms with Gasteiger partial charge in [-0.05, 0) is 45.9 Å². The normalized spacial score (nSPS) is 12.5. The van der Waals surface area contributed by atoms with Crippen molar-refractivity contribution in [3.8, 4) is 0 Å². The molecule has 1 atom stereocenters. The summed E-state index contributed by atoms with van der Waals surface area (Å²) in [6.45, 7) is 7.59. The molecule has 0 radical (unpaired) electrons. The van der Waals surface area contributed by atoms with E-state index in [0.29, 0.717) is 11.2 Å². The van der Waals surface area contributed by atoms with Crippen LogP contribution in [0.5, 0.6) is 0 Å². The molecule has 3 heterocycles. The fourth-order valence-corrected chi connectivity index (χ4v) is 2.46. The number of aromatic nitrogens is 3. The van der Waals surface area contributed by atoms with Gasteiger partial charge in [0.1, 0.15) is 17.1 Å². The van der Waals surface area contributed by atoms with Crippen LogP contribution < -0.4 is 5.32 Å². The van der Waals surface area contributed by atoms with E-state index >= 15 is 0 Å². The van der Waals surface area contributed by atoms with Gasteiger partial charge in [-0.1, -0.05) is 0 Å². The summed E-state index contributed by atoms with van der Waals surface area (Å²) >= 11 is 0. The molecule has 0 spiro atoms. The molecule has 0 bridgehead atoms. The first-order valence-corrected chi connectivity index (χ1v) is 7.15. The highest BCUT2D eigenvalue weighted by atomic mass is 16.3. The zero-order valence-corrected chi connectivity index (χ0v) is 13.0. The Labute approximate surface area is 128 Å². The lowest BCUT2D eigenvalue weighted by molar-refractivity contribution is 0.0936. The summed E-state index contributed by atoms with van der Waals surface area (Å²) in [5.41, 5.74) is 2.82. The lowest BCUT2D eigenvalue weighted by atomic mass is 10.2. The third-order valence-corrected chi connectivity index (χ3v) is 3.56. The SMILES string of the molecule is Cc1cc(C)n2ncc(C(=O)N[C@H](C)c3ccc(C)o3)c2n1. The van der Waals surface area contributed by atoms with Crippen LogP contribution in [0.1, 0.15) is 46.2 Å². The van der Waals surface area contributed by atoms with Gasteiger partial charge < -0.3 is 9.73 Å². The van der Waals surface area contributed by atoms with Crippen LogP contribution in [-0.4, -0.2) is 20.5 Å². The summed E-state index contributed by atoms with van der Waals surface area (Å²) in [4.78, 5) is 16.9. The van der Waals surface area contributed by atoms with E-state index in [4.69, 9.17) is 4.42 Å². The van der Waals surface area contributed by atoms with Gasteiger partial charge in [0.25, 0.3) is 5.91 Å². The Morgan fingerprint density at radius 3 is 2.77 bits per heavy atom. The molecule has 3 rings (SSSR count). The van der Waals surface area contributed by atoms with E-state index in [-0.39, 0.29) is 11.9 Å². The Morgan fingerprint density at radius 2 is 2.09 bits per heavy atom. The molecule has 3 aromatic rings. The van der Waals surface area contributed by atoms with Gasteiger partial charge in [-0.25, -0.2) is 9.50 Å². The Hall–Kier alpha value is -2.63. The molecule has 0 aliphatic heterocycles. The molecule has 6 nitrogen and oxygen atoms in total. The van der Waals surface area contributed by atoms with Gasteiger partial charge >= 0.3 is 0 Å². The second kappa shape index (κ2) is 5.29. The van der Waals surface area contributed by atoms with Crippen molar-refractivity contribution in [3.63, 3.8) is 0 Å². The monoisotopic (exact) mass is 298 g/mol. The summed E-state index contributed by atoms with van der Waals surface area (Å²) < 4.78 is 7.21. The van der Waals surface area contributed by atoms with Crippen molar-refractivity contribution in [2.75, 3.05) is 0 Å². The molecule has 0 saturated heterocycles. The summed E-state index contributed by atoms with van der Waals surface area (Å²) in [5, 5.41) is 7.15. The van der Waals surface area contributed by atoms with E-state index in [2.05, 4.69) is 15.4 Å². The first-order chi connectivity index (χ1) is 10.5. The van der Waals surface area contributed by atoms with Crippen LogP contribution in [0.3, 0.4) is 0 Å². The average molecular weight is 298 g/mol. The maximum absolute atomic E-state index is 12.5. The molecule has 0 unspecified atom stereocenters. The smallest absolute Gasteiger partial charge is 0.257 e. The van der Waals surface area contributed by atoms with Crippen molar-refractivity contribution in [1.29, 1.82) is 0 Å². The van der Waals surface area contributed by atoms with Crippen molar-refractivity contribution in [2.24, 2.45) is 0 Å². The summed E-state index contributed by atoms with van der Waals surface area (Å²) in [6.07, 6.45) is 1.55. The minimum absolute atomic E-state index is 0.214. The van der Waals surface area contributed by atoms with Crippen LogP contribution >= 0.6 is 0 Å². The van der Waals surface area contributed by atoms with Crippen LogP contribution in [0.15, 0.2) is 28.8 Å². The summed E-state index contributed by atoms with van der Waals surface area (Å²) in [6, 6.07) is 5.45. The average Bonchev–Trinajstić information content (AvgIpc) is 3.04. The second-order valence-corrected chi connectivity index (χ2v) is 5.48. The van der Waals surface area contributed by atoms with Gasteiger partial charge in [0, 0.05) is 11.4 Å². The number of carbonyl (C=O) groups excluding carboxylic acids is 1. The molecular formula is C16H18N4O2. The number of hydrogen-bond acceptors (Lipinski definition) is 4. The Morgan fingerprint density at radius 1 is 1.32 bits per heavy atom. The second-order valence-electron chi connectivity index (χ2n) is 5.48. The molecule has 22 heavy (non-hydrogen) atoms. The lowest BCUT2D eigenvalue weighted by Crippen LogP contribution is -2.26. The number of amides is 1. The lowest BCUT2D eigenvalue weighted by Gasteiger charge is -2.10. The Balaban J connectivity index is 1.89. The highest BCUT2D eigenvalue weighted by Crippen LogP contribution is 2.17. The van der Waals surface area contributed by atoms with E-state index in [0.717, 1.165) is 22.9 Å². The van der Waals surface area contributed by atoms with Gasteiger partial charge in [0.05, 0.1) is 12.2 Å². The number of furan rings is 1. The maximum Gasteiger partial charge on any atom is 0.257 e. The first-order valence-electron chi connectivity index (χ1n) is 7.15. The molecule has 0 aromatic carbocycles. The largest absolute Gasteiger partial charge is 0.464 e. The van der Waals surface area contributed by atoms with Gasteiger partial charge in [-0.3, -0.25) is 4.79 Å². The van der Waals surface area contributed by atoms with Gasteiger partial charge in [-0.2, -0.15) is 5.10 Å². The van der Waals surface area contributed by atoms with Crippen LogP contribution in [0.2, 0.25) is 0 Å². The molecule has 3 aromatic heterocycles. The van der Waals surface area contributed by atoms with Crippen molar-refractivity contribution in [2.45, 2.75) is 33.7 Å². The molecule has 6 heteroatoms. The highest BCUT2D eigenvalue weighted by molar-refractivity contribution is 5.99. The van der Waals surface area contributed by atoms with Gasteiger partial charge in [0.15, 0.2) is 5.65 Å². The van der Waals surface area contributed by atoms with Gasteiger partial charge in [-0.15, -0.1) is 0 Å². The highest BCUT2D eigenvalue weighted by Gasteiger charge is 2.19. The van der Waals surface area contributed by atoms with Crippen LogP contribution in [0.4, 0.5) is 0 Å². The zero-order chi connectivity index (χ0) is 15.9. The molecule has 1 N–H and O–H groups in total. The predicted molar refractivity (Wildman–Crippen MR) is 81.8 cm³/mol. The van der Waals surface area contributed by atoms with E-state index in [1.54, 1.807) is 10.7 Å². The summed E-state index contributed by atoms with van der Waals surface area (Å²) in [5.74, 6) is 1.33. The van der Waals surface area contributed by atoms with Crippen molar-refractivity contribution in [1.82, 2.24) is 19.9 Å². The number of aryl methyl sites for hydroxylation is 3. The third kappa shape index (κ3) is 2.47. The van der Waals surface area contributed by atoms with E-state index in [9.17, 15) is 4.79 Å². The van der Waals surface area contributed by atoms with E-state index < -0.39 is 0 Å². The molecular weight excluding hydrogens is 280 g/mol. The molecule has 114 valence electrons. The van der Waals surface area contributed by atoms with Crippen molar-refractivity contribution in [3.05, 3.63) is 52.9 Å². The van der Waals surface area contributed by atoms with Crippen LogP contribution in [-0.2, 0) is 0 Å². The van der Waals surface area contributed by atoms with Crippen LogP contribution in [0, 0.1) is 20.8 Å². The number of nitrogens with one attached hydrogen (secondary N) is 1. The van der Waals surface area contributed by atoms with Crippen molar-refractivity contribution < 1.29 is 9.21 Å². The summed E-state index contributed by atoms with van der Waals surface area (Å²) in [7, 11) is 0. The number of nitrogens with zero attached hydrogens (tertiary/aromatic N) is 3. The molecule has 0 fully saturated rings. The molecule has 0 aliphatic rings. The van der Waals surface area contributed by atoms with Gasteiger partial charge in [0.2, 0.25) is 0 Å².